The Hall–Kier alpha value is -2.53. The zero-order valence-electron chi connectivity index (χ0n) is 14.2. The molecule has 26 heavy (non-hydrogen) atoms. The predicted octanol–water partition coefficient (Wildman–Crippen LogP) is 4.60. The summed E-state index contributed by atoms with van der Waals surface area (Å²) in [7, 11) is 0. The first-order valence-corrected chi connectivity index (χ1v) is 9.13. The van der Waals surface area contributed by atoms with Crippen LogP contribution in [0.5, 0.6) is 5.88 Å². The van der Waals surface area contributed by atoms with E-state index in [9.17, 15) is 4.79 Å². The highest BCUT2D eigenvalue weighted by atomic mass is 35.5. The number of amides is 1. The Morgan fingerprint density at radius 1 is 1.15 bits per heavy atom. The third kappa shape index (κ3) is 3.83. The average Bonchev–Trinajstić information content (AvgIpc) is 3.10. The number of carbonyl (C=O) groups excluding carboxylic acids is 1. The predicted molar refractivity (Wildman–Crippen MR) is 99.6 cm³/mol. The monoisotopic (exact) mass is 370 g/mol. The van der Waals surface area contributed by atoms with Crippen LogP contribution in [0, 0.1) is 0 Å². The molecule has 0 bridgehead atoms. The standard InChI is InChI=1S/C20H19ClN2O3/c21-14-5-10-19(22-12-14)25-16-8-6-15(7-9-16)23-20(24)18-11-13-3-1-2-4-17(13)26-18/h1-5,10-12,15-16H,6-9H2,(H,23,24). The maximum atomic E-state index is 12.4. The highest BCUT2D eigenvalue weighted by molar-refractivity contribution is 6.30. The second kappa shape index (κ2) is 7.38. The lowest BCUT2D eigenvalue weighted by molar-refractivity contribution is 0.0865. The van der Waals surface area contributed by atoms with Crippen molar-refractivity contribution in [2.24, 2.45) is 0 Å². The van der Waals surface area contributed by atoms with Crippen molar-refractivity contribution < 1.29 is 13.9 Å². The van der Waals surface area contributed by atoms with Crippen LogP contribution >= 0.6 is 11.6 Å². The van der Waals surface area contributed by atoms with Crippen LogP contribution in [0.25, 0.3) is 11.0 Å². The van der Waals surface area contributed by atoms with Gasteiger partial charge in [0.2, 0.25) is 5.88 Å². The zero-order valence-corrected chi connectivity index (χ0v) is 14.9. The molecule has 0 spiro atoms. The van der Waals surface area contributed by atoms with E-state index in [1.807, 2.05) is 24.3 Å². The minimum atomic E-state index is -0.162. The van der Waals surface area contributed by atoms with Crippen molar-refractivity contribution in [3.63, 3.8) is 0 Å². The van der Waals surface area contributed by atoms with Crippen molar-refractivity contribution in [3.05, 3.63) is 59.4 Å². The first kappa shape index (κ1) is 16.9. The normalized spacial score (nSPS) is 20.0. The number of nitrogens with zero attached hydrogens (tertiary/aromatic N) is 1. The van der Waals surface area contributed by atoms with Crippen molar-refractivity contribution in [1.82, 2.24) is 10.3 Å². The van der Waals surface area contributed by atoms with Gasteiger partial charge in [-0.2, -0.15) is 0 Å². The van der Waals surface area contributed by atoms with Crippen LogP contribution in [0.3, 0.4) is 0 Å². The van der Waals surface area contributed by atoms with Crippen LogP contribution in [0.2, 0.25) is 5.02 Å². The van der Waals surface area contributed by atoms with Gasteiger partial charge in [0.25, 0.3) is 5.91 Å². The van der Waals surface area contributed by atoms with Gasteiger partial charge in [-0.3, -0.25) is 4.79 Å². The second-order valence-corrected chi connectivity index (χ2v) is 6.96. The van der Waals surface area contributed by atoms with E-state index in [1.54, 1.807) is 24.4 Å². The summed E-state index contributed by atoms with van der Waals surface area (Å²) in [5.41, 5.74) is 0.727. The number of benzene rings is 1. The molecule has 2 heterocycles. The number of nitrogens with one attached hydrogen (secondary N) is 1. The molecule has 6 heteroatoms. The van der Waals surface area contributed by atoms with E-state index in [-0.39, 0.29) is 18.1 Å². The van der Waals surface area contributed by atoms with Gasteiger partial charge in [0.05, 0.1) is 5.02 Å². The van der Waals surface area contributed by atoms with Crippen LogP contribution in [-0.4, -0.2) is 23.0 Å². The number of fused-ring (bicyclic) bond motifs is 1. The van der Waals surface area contributed by atoms with Gasteiger partial charge in [0.1, 0.15) is 11.7 Å². The van der Waals surface area contributed by atoms with E-state index in [0.717, 1.165) is 36.7 Å². The molecule has 1 N–H and O–H groups in total. The number of furan rings is 1. The molecule has 0 atom stereocenters. The van der Waals surface area contributed by atoms with Gasteiger partial charge in [-0.1, -0.05) is 29.8 Å². The average molecular weight is 371 g/mol. The number of hydrogen-bond acceptors (Lipinski definition) is 4. The summed E-state index contributed by atoms with van der Waals surface area (Å²) in [6, 6.07) is 13.1. The van der Waals surface area contributed by atoms with Gasteiger partial charge in [0.15, 0.2) is 5.76 Å². The number of carbonyl (C=O) groups is 1. The Kier molecular flexibility index (Phi) is 4.80. The molecule has 1 fully saturated rings. The Bertz CT molecular complexity index is 866. The van der Waals surface area contributed by atoms with Crippen molar-refractivity contribution in [2.75, 3.05) is 0 Å². The summed E-state index contributed by atoms with van der Waals surface area (Å²) in [4.78, 5) is 16.6. The van der Waals surface area contributed by atoms with Gasteiger partial charge < -0.3 is 14.5 Å². The molecular weight excluding hydrogens is 352 g/mol. The number of aromatic nitrogens is 1. The van der Waals surface area contributed by atoms with Gasteiger partial charge in [-0.25, -0.2) is 4.98 Å². The Morgan fingerprint density at radius 3 is 2.69 bits per heavy atom. The third-order valence-corrected chi connectivity index (χ3v) is 4.87. The number of hydrogen-bond donors (Lipinski definition) is 1. The van der Waals surface area contributed by atoms with Gasteiger partial charge >= 0.3 is 0 Å². The molecule has 2 aromatic heterocycles. The van der Waals surface area contributed by atoms with E-state index < -0.39 is 0 Å². The maximum Gasteiger partial charge on any atom is 0.287 e. The number of ether oxygens (including phenoxy) is 1. The smallest absolute Gasteiger partial charge is 0.287 e. The van der Waals surface area contributed by atoms with Crippen LogP contribution in [-0.2, 0) is 0 Å². The lowest BCUT2D eigenvalue weighted by Gasteiger charge is -2.28. The van der Waals surface area contributed by atoms with Crippen molar-refractivity contribution in [3.8, 4) is 5.88 Å². The van der Waals surface area contributed by atoms with Gasteiger partial charge in [-0.15, -0.1) is 0 Å². The Morgan fingerprint density at radius 2 is 1.96 bits per heavy atom. The van der Waals surface area contributed by atoms with Crippen molar-refractivity contribution >= 4 is 28.5 Å². The molecule has 0 aliphatic heterocycles. The maximum absolute atomic E-state index is 12.4. The van der Waals surface area contributed by atoms with Crippen LogP contribution in [0.1, 0.15) is 36.2 Å². The SMILES string of the molecule is O=C(NC1CCC(Oc2ccc(Cl)cn2)CC1)c1cc2ccccc2o1. The molecule has 1 saturated carbocycles. The van der Waals surface area contributed by atoms with Gasteiger partial charge in [0, 0.05) is 23.7 Å². The Labute approximate surface area is 156 Å². The minimum Gasteiger partial charge on any atom is -0.474 e. The van der Waals surface area contributed by atoms with E-state index in [1.165, 1.54) is 0 Å². The Balaban J connectivity index is 1.30. The summed E-state index contributed by atoms with van der Waals surface area (Å²) < 4.78 is 11.5. The summed E-state index contributed by atoms with van der Waals surface area (Å²) in [5.74, 6) is 0.782. The molecule has 134 valence electrons. The fourth-order valence-corrected chi connectivity index (χ4v) is 3.39. The number of pyridine rings is 1. The van der Waals surface area contributed by atoms with E-state index in [2.05, 4.69) is 10.3 Å². The molecule has 1 amide bonds. The number of halogens is 1. The molecule has 1 aliphatic rings. The first-order chi connectivity index (χ1) is 12.7. The highest BCUT2D eigenvalue weighted by Crippen LogP contribution is 2.24. The third-order valence-electron chi connectivity index (χ3n) is 4.65. The van der Waals surface area contributed by atoms with Crippen molar-refractivity contribution in [2.45, 2.75) is 37.8 Å². The lowest BCUT2D eigenvalue weighted by atomic mass is 9.93. The van der Waals surface area contributed by atoms with Crippen LogP contribution in [0.15, 0.2) is 53.1 Å². The molecule has 0 unspecified atom stereocenters. The van der Waals surface area contributed by atoms with Crippen LogP contribution < -0.4 is 10.1 Å². The second-order valence-electron chi connectivity index (χ2n) is 6.53. The topological polar surface area (TPSA) is 64.4 Å². The molecule has 0 saturated heterocycles. The number of para-hydroxylation sites is 1. The summed E-state index contributed by atoms with van der Waals surface area (Å²) >= 11 is 5.83. The molecule has 1 aliphatic carbocycles. The molecule has 1 aromatic carbocycles. The summed E-state index contributed by atoms with van der Waals surface area (Å²) in [6.45, 7) is 0. The van der Waals surface area contributed by atoms with E-state index in [4.69, 9.17) is 20.8 Å². The molecule has 0 radical (unpaired) electrons. The minimum absolute atomic E-state index is 0.114. The molecule has 5 nitrogen and oxygen atoms in total. The van der Waals surface area contributed by atoms with Crippen molar-refractivity contribution in [1.29, 1.82) is 0 Å². The largest absolute Gasteiger partial charge is 0.474 e. The van der Waals surface area contributed by atoms with E-state index in [0.29, 0.717) is 16.7 Å². The van der Waals surface area contributed by atoms with Crippen LogP contribution in [0.4, 0.5) is 0 Å². The summed E-state index contributed by atoms with van der Waals surface area (Å²) in [6.07, 6.45) is 5.16. The lowest BCUT2D eigenvalue weighted by Crippen LogP contribution is -2.39. The first-order valence-electron chi connectivity index (χ1n) is 8.75. The highest BCUT2D eigenvalue weighted by Gasteiger charge is 2.25. The fourth-order valence-electron chi connectivity index (χ4n) is 3.28. The molecular formula is C20H19ClN2O3. The van der Waals surface area contributed by atoms with E-state index >= 15 is 0 Å². The van der Waals surface area contributed by atoms with Gasteiger partial charge in [-0.05, 0) is 43.9 Å². The summed E-state index contributed by atoms with van der Waals surface area (Å²) in [5, 5.41) is 4.59. The number of rotatable bonds is 4. The molecule has 4 rings (SSSR count). The quantitative estimate of drug-likeness (QED) is 0.728. The fraction of sp³-hybridized carbons (Fsp3) is 0.300. The zero-order chi connectivity index (χ0) is 17.9. The molecule has 3 aromatic rings.